The van der Waals surface area contributed by atoms with Crippen LogP contribution in [-0.2, 0) is 4.79 Å². The third-order valence-corrected chi connectivity index (χ3v) is 2.60. The van der Waals surface area contributed by atoms with Crippen LogP contribution >= 0.6 is 0 Å². The van der Waals surface area contributed by atoms with Crippen LogP contribution in [0.3, 0.4) is 0 Å². The average molecular weight is 239 g/mol. The molecule has 0 saturated carbocycles. The van der Waals surface area contributed by atoms with Crippen LogP contribution in [0.1, 0.15) is 30.0 Å². The van der Waals surface area contributed by atoms with Gasteiger partial charge in [0.2, 0.25) is 0 Å². The second-order valence-corrected chi connectivity index (χ2v) is 4.34. The summed E-state index contributed by atoms with van der Waals surface area (Å²) in [5.74, 6) is -1.17. The Morgan fingerprint density at radius 2 is 2.12 bits per heavy atom. The number of amides is 1. The molecule has 1 aromatic heterocycles. The van der Waals surface area contributed by atoms with Crippen molar-refractivity contribution < 1.29 is 19.1 Å². The fourth-order valence-electron chi connectivity index (χ4n) is 1.48. The minimum atomic E-state index is -0.899. The van der Waals surface area contributed by atoms with Crippen molar-refractivity contribution in [2.45, 2.75) is 20.8 Å². The Hall–Kier alpha value is -1.78. The summed E-state index contributed by atoms with van der Waals surface area (Å²) in [6.45, 7) is 5.49. The van der Waals surface area contributed by atoms with Crippen LogP contribution in [0.15, 0.2) is 16.7 Å². The molecule has 2 N–H and O–H groups in total. The van der Waals surface area contributed by atoms with Gasteiger partial charge in [0, 0.05) is 6.54 Å². The first-order valence-corrected chi connectivity index (χ1v) is 5.48. The summed E-state index contributed by atoms with van der Waals surface area (Å²) < 4.78 is 5.01. The molecule has 5 nitrogen and oxygen atoms in total. The molecule has 0 aliphatic rings. The number of rotatable bonds is 5. The molecule has 1 amide bonds. The lowest BCUT2D eigenvalue weighted by molar-refractivity contribution is -0.142. The van der Waals surface area contributed by atoms with E-state index in [1.807, 2.05) is 13.8 Å². The van der Waals surface area contributed by atoms with Crippen molar-refractivity contribution in [1.29, 1.82) is 0 Å². The van der Waals surface area contributed by atoms with Crippen molar-refractivity contribution >= 4 is 11.9 Å². The van der Waals surface area contributed by atoms with Crippen LogP contribution < -0.4 is 5.32 Å². The van der Waals surface area contributed by atoms with Gasteiger partial charge < -0.3 is 14.8 Å². The van der Waals surface area contributed by atoms with Crippen LogP contribution in [0.2, 0.25) is 0 Å². The number of carbonyl (C=O) groups is 2. The maximum atomic E-state index is 11.6. The van der Waals surface area contributed by atoms with E-state index in [9.17, 15) is 9.59 Å². The largest absolute Gasteiger partial charge is 0.481 e. The molecular formula is C12H17NO4. The first-order chi connectivity index (χ1) is 7.91. The number of nitrogens with one attached hydrogen (secondary N) is 1. The molecule has 1 unspecified atom stereocenters. The normalized spacial score (nSPS) is 12.5. The van der Waals surface area contributed by atoms with E-state index in [-0.39, 0.29) is 18.4 Å². The predicted molar refractivity (Wildman–Crippen MR) is 61.7 cm³/mol. The van der Waals surface area contributed by atoms with Crippen LogP contribution in [0.5, 0.6) is 0 Å². The molecule has 1 aromatic rings. The van der Waals surface area contributed by atoms with E-state index in [2.05, 4.69) is 5.32 Å². The zero-order valence-corrected chi connectivity index (χ0v) is 10.2. The molecule has 1 heterocycles. The highest BCUT2D eigenvalue weighted by atomic mass is 16.4. The van der Waals surface area contributed by atoms with Gasteiger partial charge in [0.25, 0.3) is 5.91 Å². The summed E-state index contributed by atoms with van der Waals surface area (Å²) in [5, 5.41) is 11.6. The van der Waals surface area contributed by atoms with E-state index in [1.165, 1.54) is 6.26 Å². The summed E-state index contributed by atoms with van der Waals surface area (Å²) >= 11 is 0. The average Bonchev–Trinajstić information content (AvgIpc) is 2.63. The maximum absolute atomic E-state index is 11.6. The molecule has 0 spiro atoms. The fourth-order valence-corrected chi connectivity index (χ4v) is 1.48. The Balaban J connectivity index is 2.55. The Morgan fingerprint density at radius 1 is 1.47 bits per heavy atom. The Morgan fingerprint density at radius 3 is 2.53 bits per heavy atom. The molecule has 17 heavy (non-hydrogen) atoms. The van der Waals surface area contributed by atoms with Crippen molar-refractivity contribution in [2.24, 2.45) is 11.8 Å². The van der Waals surface area contributed by atoms with Gasteiger partial charge in [-0.05, 0) is 18.9 Å². The highest BCUT2D eigenvalue weighted by Crippen LogP contribution is 2.11. The van der Waals surface area contributed by atoms with Crippen molar-refractivity contribution in [1.82, 2.24) is 5.32 Å². The number of furan rings is 1. The number of carboxylic acids is 1. The number of carboxylic acid groups (broad SMARTS) is 1. The Bertz CT molecular complexity index is 408. The summed E-state index contributed by atoms with van der Waals surface area (Å²) in [6.07, 6.45) is 1.36. The van der Waals surface area contributed by atoms with Gasteiger partial charge in [-0.1, -0.05) is 13.8 Å². The molecule has 0 fully saturated rings. The van der Waals surface area contributed by atoms with Gasteiger partial charge in [-0.3, -0.25) is 9.59 Å². The quantitative estimate of drug-likeness (QED) is 0.819. The third kappa shape index (κ3) is 3.62. The predicted octanol–water partition coefficient (Wildman–Crippen LogP) is 1.67. The third-order valence-electron chi connectivity index (χ3n) is 2.60. The number of hydrogen-bond acceptors (Lipinski definition) is 3. The summed E-state index contributed by atoms with van der Waals surface area (Å²) in [6, 6.07) is 1.61. The molecule has 0 saturated heterocycles. The van der Waals surface area contributed by atoms with Gasteiger partial charge in [-0.15, -0.1) is 0 Å². The summed E-state index contributed by atoms with van der Waals surface area (Å²) in [5.41, 5.74) is 0.412. The first-order valence-electron chi connectivity index (χ1n) is 5.48. The van der Waals surface area contributed by atoms with E-state index >= 15 is 0 Å². The van der Waals surface area contributed by atoms with Gasteiger partial charge in [0.05, 0.1) is 11.5 Å². The highest BCUT2D eigenvalue weighted by Gasteiger charge is 2.22. The van der Waals surface area contributed by atoms with Crippen LogP contribution in [-0.4, -0.2) is 23.5 Å². The molecule has 0 aliphatic carbocycles. The van der Waals surface area contributed by atoms with Crippen molar-refractivity contribution in [2.75, 3.05) is 6.54 Å². The van der Waals surface area contributed by atoms with Crippen molar-refractivity contribution in [3.63, 3.8) is 0 Å². The molecule has 1 atom stereocenters. The number of carbonyl (C=O) groups excluding carboxylic acids is 1. The minimum Gasteiger partial charge on any atom is -0.481 e. The standard InChI is InChI=1S/C12H17NO4/c1-7(2)10(12(15)16)5-13-11(14)9-4-8(3)17-6-9/h4,6-7,10H,5H2,1-3H3,(H,13,14)(H,15,16). The SMILES string of the molecule is Cc1cc(C(=O)NCC(C(=O)O)C(C)C)co1. The number of aliphatic carboxylic acids is 1. The minimum absolute atomic E-state index is 0.0288. The van der Waals surface area contributed by atoms with E-state index in [4.69, 9.17) is 9.52 Å². The molecule has 94 valence electrons. The summed E-state index contributed by atoms with van der Waals surface area (Å²) in [7, 11) is 0. The second-order valence-electron chi connectivity index (χ2n) is 4.34. The van der Waals surface area contributed by atoms with Crippen LogP contribution in [0, 0.1) is 18.8 Å². The second kappa shape index (κ2) is 5.52. The van der Waals surface area contributed by atoms with Crippen molar-refractivity contribution in [3.05, 3.63) is 23.7 Å². The summed E-state index contributed by atoms with van der Waals surface area (Å²) in [4.78, 5) is 22.6. The van der Waals surface area contributed by atoms with E-state index < -0.39 is 11.9 Å². The molecule has 0 bridgehead atoms. The molecule has 5 heteroatoms. The lowest BCUT2D eigenvalue weighted by atomic mass is 9.96. The fraction of sp³-hybridized carbons (Fsp3) is 0.500. The smallest absolute Gasteiger partial charge is 0.308 e. The molecular weight excluding hydrogens is 222 g/mol. The molecule has 1 rings (SSSR count). The molecule has 0 aliphatic heterocycles. The monoisotopic (exact) mass is 239 g/mol. The van der Waals surface area contributed by atoms with E-state index in [0.29, 0.717) is 11.3 Å². The topological polar surface area (TPSA) is 79.5 Å². The van der Waals surface area contributed by atoms with E-state index in [1.54, 1.807) is 13.0 Å². The zero-order valence-electron chi connectivity index (χ0n) is 10.2. The first kappa shape index (κ1) is 13.3. The maximum Gasteiger partial charge on any atom is 0.308 e. The lowest BCUT2D eigenvalue weighted by Gasteiger charge is -2.16. The van der Waals surface area contributed by atoms with Crippen LogP contribution in [0.25, 0.3) is 0 Å². The number of aryl methyl sites for hydroxylation is 1. The van der Waals surface area contributed by atoms with Gasteiger partial charge in [0.15, 0.2) is 0 Å². The number of hydrogen-bond donors (Lipinski definition) is 2. The van der Waals surface area contributed by atoms with Crippen LogP contribution in [0.4, 0.5) is 0 Å². The lowest BCUT2D eigenvalue weighted by Crippen LogP contribution is -2.35. The van der Waals surface area contributed by atoms with Gasteiger partial charge in [0.1, 0.15) is 12.0 Å². The Kier molecular flexibility index (Phi) is 4.31. The van der Waals surface area contributed by atoms with Gasteiger partial charge in [-0.2, -0.15) is 0 Å². The zero-order chi connectivity index (χ0) is 13.0. The highest BCUT2D eigenvalue weighted by molar-refractivity contribution is 5.94. The van der Waals surface area contributed by atoms with Crippen molar-refractivity contribution in [3.8, 4) is 0 Å². The van der Waals surface area contributed by atoms with Gasteiger partial charge >= 0.3 is 5.97 Å². The Labute approximate surface area is 99.8 Å². The molecule has 0 aromatic carbocycles. The molecule has 0 radical (unpaired) electrons. The van der Waals surface area contributed by atoms with Gasteiger partial charge in [-0.25, -0.2) is 0 Å². The van der Waals surface area contributed by atoms with E-state index in [0.717, 1.165) is 0 Å².